The van der Waals surface area contributed by atoms with Crippen molar-refractivity contribution in [2.45, 2.75) is 57.2 Å². The summed E-state index contributed by atoms with van der Waals surface area (Å²) in [7, 11) is 0. The van der Waals surface area contributed by atoms with Gasteiger partial charge in [0.25, 0.3) is 0 Å². The van der Waals surface area contributed by atoms with Crippen LogP contribution in [0.5, 0.6) is 0 Å². The summed E-state index contributed by atoms with van der Waals surface area (Å²) in [6.45, 7) is 29.0. The number of nitrogens with zero attached hydrogens (tertiary/aromatic N) is 3. The molecule has 0 aromatic heterocycles. The first-order chi connectivity index (χ1) is 31.9. The molecule has 0 N–H and O–H groups in total. The molecule has 0 aliphatic carbocycles. The summed E-state index contributed by atoms with van der Waals surface area (Å²) in [6.07, 6.45) is 7.75. The Labute approximate surface area is 387 Å². The van der Waals surface area contributed by atoms with Crippen molar-refractivity contribution in [3.63, 3.8) is 0 Å². The zero-order valence-corrected chi connectivity index (χ0v) is 38.4. The fourth-order valence-corrected chi connectivity index (χ4v) is 7.83. The Hall–Kier alpha value is -5.16. The lowest BCUT2D eigenvalue weighted by molar-refractivity contribution is 0.0451. The lowest BCUT2D eigenvalue weighted by atomic mass is 10.0. The molecule has 2 heterocycles. The highest BCUT2D eigenvalue weighted by Gasteiger charge is 2.20. The number of piperazine rings is 1. The van der Waals surface area contributed by atoms with Crippen molar-refractivity contribution >= 4 is 0 Å². The minimum absolute atomic E-state index is 0.270. The maximum absolute atomic E-state index is 13.4. The maximum Gasteiger partial charge on any atom is 0.123 e. The lowest BCUT2D eigenvalue weighted by Gasteiger charge is -2.35. The molecule has 0 spiro atoms. The second-order valence-electron chi connectivity index (χ2n) is 15.6. The van der Waals surface area contributed by atoms with E-state index in [0.29, 0.717) is 13.2 Å². The van der Waals surface area contributed by atoms with E-state index in [1.807, 2.05) is 0 Å². The molecule has 350 valence electrons. The molecule has 2 aliphatic heterocycles. The summed E-state index contributed by atoms with van der Waals surface area (Å²) < 4.78 is 65.6. The van der Waals surface area contributed by atoms with Crippen LogP contribution in [0.15, 0.2) is 167 Å². The van der Waals surface area contributed by atoms with Gasteiger partial charge < -0.3 is 19.3 Å². The van der Waals surface area contributed by atoms with Gasteiger partial charge in [0.05, 0.1) is 6.61 Å². The number of rotatable bonds is 18. The Kier molecular flexibility index (Phi) is 27.1. The lowest BCUT2D eigenvalue weighted by Crippen LogP contribution is -2.47. The molecule has 2 fully saturated rings. The van der Waals surface area contributed by atoms with Crippen molar-refractivity contribution in [3.8, 4) is 0 Å². The molecule has 0 radical (unpaired) electrons. The van der Waals surface area contributed by atoms with E-state index in [1.165, 1.54) is 92.9 Å². The van der Waals surface area contributed by atoms with E-state index in [-0.39, 0.29) is 35.5 Å². The zero-order chi connectivity index (χ0) is 47.1. The van der Waals surface area contributed by atoms with Gasteiger partial charge in [-0.25, -0.2) is 17.6 Å². The topological polar surface area (TPSA) is 28.2 Å². The number of piperidine rings is 1. The molecule has 0 saturated carbocycles. The number of hydrogen-bond donors (Lipinski definition) is 0. The van der Waals surface area contributed by atoms with Crippen molar-refractivity contribution < 1.29 is 27.0 Å². The van der Waals surface area contributed by atoms with Crippen LogP contribution in [0.1, 0.15) is 78.6 Å². The molecule has 2 aliphatic rings. The van der Waals surface area contributed by atoms with E-state index in [9.17, 15) is 17.6 Å². The van der Waals surface area contributed by atoms with Crippen LogP contribution in [0.4, 0.5) is 17.6 Å². The Bertz CT molecular complexity index is 1840. The van der Waals surface area contributed by atoms with Gasteiger partial charge in [-0.15, -0.1) is 39.5 Å². The van der Waals surface area contributed by atoms with Gasteiger partial charge in [-0.3, -0.25) is 4.90 Å². The van der Waals surface area contributed by atoms with Gasteiger partial charge in [-0.05, 0) is 141 Å². The largest absolute Gasteiger partial charge is 0.369 e. The molecule has 2 saturated heterocycles. The third-order valence-electron chi connectivity index (χ3n) is 11.2. The van der Waals surface area contributed by atoms with Crippen molar-refractivity contribution in [3.05, 3.63) is 218 Å². The summed E-state index contributed by atoms with van der Waals surface area (Å²) in [6, 6.07) is 36.0. The molecule has 65 heavy (non-hydrogen) atoms. The Morgan fingerprint density at radius 2 is 0.738 bits per heavy atom. The van der Waals surface area contributed by atoms with Gasteiger partial charge in [0.1, 0.15) is 35.5 Å². The average molecular weight is 894 g/mol. The van der Waals surface area contributed by atoms with Gasteiger partial charge in [-0.2, -0.15) is 0 Å². The predicted molar refractivity (Wildman–Crippen MR) is 262 cm³/mol. The number of hydrogen-bond acceptors (Lipinski definition) is 5. The Balaban J connectivity index is 0.000000317. The number of ether oxygens (including phenoxy) is 2. The van der Waals surface area contributed by atoms with Gasteiger partial charge >= 0.3 is 0 Å². The molecule has 0 atom stereocenters. The average Bonchev–Trinajstić information content (AvgIpc) is 3.36. The summed E-state index contributed by atoms with van der Waals surface area (Å²) in [5.41, 5.74) is 4.91. The van der Waals surface area contributed by atoms with Gasteiger partial charge in [0, 0.05) is 39.3 Å². The fourth-order valence-electron chi connectivity index (χ4n) is 7.83. The highest BCUT2D eigenvalue weighted by atomic mass is 19.1. The summed E-state index contributed by atoms with van der Waals surface area (Å²) in [5.74, 6) is -1.10. The summed E-state index contributed by atoms with van der Waals surface area (Å²) in [5, 5.41) is 0. The highest BCUT2D eigenvalue weighted by molar-refractivity contribution is 5.32. The van der Waals surface area contributed by atoms with Crippen molar-refractivity contribution in [2.75, 3.05) is 72.1 Å². The summed E-state index contributed by atoms with van der Waals surface area (Å²) in [4.78, 5) is 7.50. The standard InChI is InChI=1S/C28H32F2N2O.C22H27F2NO.3C2H4/c29-26-12-8-24(9-13-26)28(25-10-14-27(30)15-11-25)33-22-21-32-19-17-31(18-20-32)16-4-7-23-5-2-1-3-6-23;23-20-10-6-18(7-11-20)22(19-8-12-21(24)13-9-19)26-17-5-4-16-25-14-2-1-3-15-25;3*1-2/h1-3,5-6,8-15,28H,4,7,16-22H2;6-13,22H,1-5,14-17H2;3*1-2H2. The zero-order valence-electron chi connectivity index (χ0n) is 38.4. The molecule has 0 bridgehead atoms. The fraction of sp³-hybridized carbons (Fsp3) is 0.357. The number of benzene rings is 5. The molecular weight excluding hydrogens is 823 g/mol. The van der Waals surface area contributed by atoms with Crippen molar-refractivity contribution in [1.29, 1.82) is 0 Å². The van der Waals surface area contributed by atoms with Crippen LogP contribution in [-0.2, 0) is 15.9 Å². The van der Waals surface area contributed by atoms with E-state index in [0.717, 1.165) is 87.3 Å². The molecule has 9 heteroatoms. The van der Waals surface area contributed by atoms with Gasteiger partial charge in [0.2, 0.25) is 0 Å². The molecule has 7 rings (SSSR count). The molecular formula is C56H71F4N3O2. The van der Waals surface area contributed by atoms with Crippen molar-refractivity contribution in [1.82, 2.24) is 14.7 Å². The SMILES string of the molecule is C=C.C=C.C=C.Fc1ccc(C(OCCCCN2CCCCC2)c2ccc(F)cc2)cc1.Fc1ccc(C(OCCN2CCN(CCCc3ccccc3)CC2)c2ccc(F)cc2)cc1. The number of aryl methyl sites for hydroxylation is 1. The quantitative estimate of drug-likeness (QED) is 0.0496. The second-order valence-corrected chi connectivity index (χ2v) is 15.6. The van der Waals surface area contributed by atoms with Crippen LogP contribution in [0.3, 0.4) is 0 Å². The van der Waals surface area contributed by atoms with E-state index in [4.69, 9.17) is 9.47 Å². The molecule has 5 nitrogen and oxygen atoms in total. The monoisotopic (exact) mass is 894 g/mol. The van der Waals surface area contributed by atoms with Crippen LogP contribution in [0, 0.1) is 23.3 Å². The first kappa shape index (κ1) is 54.2. The van der Waals surface area contributed by atoms with E-state index in [2.05, 4.69) is 84.5 Å². The van der Waals surface area contributed by atoms with Crippen molar-refractivity contribution in [2.24, 2.45) is 0 Å². The molecule has 0 unspecified atom stereocenters. The highest BCUT2D eigenvalue weighted by Crippen LogP contribution is 2.28. The number of likely N-dealkylation sites (tertiary alicyclic amines) is 1. The third-order valence-corrected chi connectivity index (χ3v) is 11.2. The van der Waals surface area contributed by atoms with E-state index >= 15 is 0 Å². The second kappa shape index (κ2) is 32.5. The van der Waals surface area contributed by atoms with E-state index < -0.39 is 0 Å². The van der Waals surface area contributed by atoms with Crippen LogP contribution in [0.2, 0.25) is 0 Å². The van der Waals surface area contributed by atoms with E-state index in [1.54, 1.807) is 48.5 Å². The normalized spacial score (nSPS) is 14.1. The molecule has 5 aromatic rings. The minimum atomic E-state index is -0.342. The van der Waals surface area contributed by atoms with Gasteiger partial charge in [0.15, 0.2) is 0 Å². The third kappa shape index (κ3) is 20.3. The number of unbranched alkanes of at least 4 members (excludes halogenated alkanes) is 1. The van der Waals surface area contributed by atoms with Crippen LogP contribution in [0.25, 0.3) is 0 Å². The maximum atomic E-state index is 13.4. The minimum Gasteiger partial charge on any atom is -0.369 e. The smallest absolute Gasteiger partial charge is 0.123 e. The number of halogens is 4. The molecule has 0 amide bonds. The van der Waals surface area contributed by atoms with Gasteiger partial charge in [-0.1, -0.05) is 85.3 Å². The predicted octanol–water partition coefficient (Wildman–Crippen LogP) is 13.1. The van der Waals surface area contributed by atoms with Crippen LogP contribution in [-0.4, -0.2) is 86.8 Å². The summed E-state index contributed by atoms with van der Waals surface area (Å²) >= 11 is 0. The van der Waals surface area contributed by atoms with Crippen LogP contribution >= 0.6 is 0 Å². The first-order valence-electron chi connectivity index (χ1n) is 22.9. The van der Waals surface area contributed by atoms with Crippen LogP contribution < -0.4 is 0 Å². The first-order valence-corrected chi connectivity index (χ1v) is 22.9. The Morgan fingerprint density at radius 1 is 0.385 bits per heavy atom. The Morgan fingerprint density at radius 3 is 1.15 bits per heavy atom. The molecule has 5 aromatic carbocycles.